The number of likely N-dealkylation sites (N-methyl/N-ethyl adjacent to an activating group) is 1. The number of hydrogen-bond acceptors (Lipinski definition) is 4. The van der Waals surface area contributed by atoms with Crippen LogP contribution in [0.2, 0.25) is 5.02 Å². The van der Waals surface area contributed by atoms with E-state index in [4.69, 9.17) is 28.8 Å². The van der Waals surface area contributed by atoms with Crippen molar-refractivity contribution in [3.63, 3.8) is 0 Å². The standard InChI is InChI=1S/C26H22ClN5OS/c1-32-21-12-11-19(27)14-20(21)23(16-7-3-2-4-8-16)30-24(25(32)33)31-26(34)29-22-13-17-9-5-6-10-18(17)15-28-22/h2-15,17-18,24H,1H3,(H2,29,31,34). The number of aliphatic imine (C=N–C) groups is 2. The molecule has 0 spiro atoms. The zero-order valence-electron chi connectivity index (χ0n) is 18.4. The summed E-state index contributed by atoms with van der Waals surface area (Å²) >= 11 is 11.8. The number of amides is 1. The van der Waals surface area contributed by atoms with Gasteiger partial charge in [0.15, 0.2) is 5.11 Å². The summed E-state index contributed by atoms with van der Waals surface area (Å²) in [5.74, 6) is 0.869. The molecule has 2 aromatic rings. The van der Waals surface area contributed by atoms with Crippen molar-refractivity contribution in [3.05, 3.63) is 101 Å². The Kier molecular flexibility index (Phi) is 6.13. The summed E-state index contributed by atoms with van der Waals surface area (Å²) < 4.78 is 0. The lowest BCUT2D eigenvalue weighted by molar-refractivity contribution is -0.119. The van der Waals surface area contributed by atoms with Crippen molar-refractivity contribution >= 4 is 52.5 Å². The van der Waals surface area contributed by atoms with Crippen molar-refractivity contribution in [3.8, 4) is 0 Å². The number of benzodiazepines with no additional fused rings is 1. The summed E-state index contributed by atoms with van der Waals surface area (Å²) in [4.78, 5) is 24.2. The summed E-state index contributed by atoms with van der Waals surface area (Å²) in [6.07, 6.45) is 11.3. The molecule has 2 aliphatic heterocycles. The average Bonchev–Trinajstić information content (AvgIpc) is 2.95. The second kappa shape index (κ2) is 9.37. The van der Waals surface area contributed by atoms with Gasteiger partial charge in [-0.3, -0.25) is 4.79 Å². The number of hydrogen-bond donors (Lipinski definition) is 2. The van der Waals surface area contributed by atoms with E-state index in [1.165, 1.54) is 0 Å². The van der Waals surface area contributed by atoms with Crippen molar-refractivity contribution in [2.24, 2.45) is 21.8 Å². The highest BCUT2D eigenvalue weighted by Gasteiger charge is 2.31. The van der Waals surface area contributed by atoms with Gasteiger partial charge in [-0.25, -0.2) is 9.98 Å². The number of halogens is 1. The quantitative estimate of drug-likeness (QED) is 0.636. The Bertz CT molecular complexity index is 1300. The molecule has 3 aliphatic rings. The Balaban J connectivity index is 1.43. The molecule has 0 saturated carbocycles. The maximum Gasteiger partial charge on any atom is 0.272 e. The number of anilines is 1. The van der Waals surface area contributed by atoms with Gasteiger partial charge < -0.3 is 15.5 Å². The minimum absolute atomic E-state index is 0.223. The van der Waals surface area contributed by atoms with Crippen LogP contribution in [0.3, 0.4) is 0 Å². The molecule has 0 aromatic heterocycles. The molecule has 3 unspecified atom stereocenters. The summed E-state index contributed by atoms with van der Waals surface area (Å²) in [5, 5.41) is 7.01. The average molecular weight is 488 g/mol. The number of fused-ring (bicyclic) bond motifs is 2. The van der Waals surface area contributed by atoms with Crippen LogP contribution >= 0.6 is 23.8 Å². The van der Waals surface area contributed by atoms with E-state index in [0.717, 1.165) is 16.8 Å². The zero-order valence-corrected chi connectivity index (χ0v) is 19.9. The van der Waals surface area contributed by atoms with Gasteiger partial charge in [-0.2, -0.15) is 0 Å². The summed E-state index contributed by atoms with van der Waals surface area (Å²) in [7, 11) is 1.72. The number of benzene rings is 2. The molecule has 170 valence electrons. The molecule has 0 saturated heterocycles. The van der Waals surface area contributed by atoms with Gasteiger partial charge in [0, 0.05) is 41.2 Å². The smallest absolute Gasteiger partial charge is 0.272 e. The zero-order chi connectivity index (χ0) is 23.7. The lowest BCUT2D eigenvalue weighted by Gasteiger charge is -2.24. The predicted octanol–water partition coefficient (Wildman–Crippen LogP) is 4.23. The van der Waals surface area contributed by atoms with E-state index in [0.29, 0.717) is 16.6 Å². The first kappa shape index (κ1) is 22.3. The number of nitrogens with zero attached hydrogens (tertiary/aromatic N) is 3. The SMILES string of the molecule is CN1C(=O)C(NC(=S)NC2=CC3C=CC=CC3C=N2)N=C(c2ccccc2)c2cc(Cl)ccc21. The van der Waals surface area contributed by atoms with Gasteiger partial charge >= 0.3 is 0 Å². The molecule has 34 heavy (non-hydrogen) atoms. The van der Waals surface area contributed by atoms with E-state index >= 15 is 0 Å². The minimum Gasteiger partial charge on any atom is -0.333 e. The van der Waals surface area contributed by atoms with Gasteiger partial charge in [0.2, 0.25) is 6.17 Å². The van der Waals surface area contributed by atoms with Crippen LogP contribution in [0.25, 0.3) is 0 Å². The second-order valence-electron chi connectivity index (χ2n) is 8.16. The number of rotatable bonds is 3. The largest absolute Gasteiger partial charge is 0.333 e. The van der Waals surface area contributed by atoms with E-state index in [1.54, 1.807) is 18.0 Å². The highest BCUT2D eigenvalue weighted by molar-refractivity contribution is 7.80. The lowest BCUT2D eigenvalue weighted by atomic mass is 9.88. The van der Waals surface area contributed by atoms with Crippen molar-refractivity contribution in [1.29, 1.82) is 0 Å². The van der Waals surface area contributed by atoms with Gasteiger partial charge in [0.25, 0.3) is 5.91 Å². The Morgan fingerprint density at radius 2 is 1.85 bits per heavy atom. The molecule has 8 heteroatoms. The second-order valence-corrected chi connectivity index (χ2v) is 9.00. The fourth-order valence-electron chi connectivity index (χ4n) is 4.17. The van der Waals surface area contributed by atoms with Crippen molar-refractivity contribution in [2.75, 3.05) is 11.9 Å². The van der Waals surface area contributed by atoms with E-state index in [2.05, 4.69) is 27.8 Å². The van der Waals surface area contributed by atoms with Gasteiger partial charge in [-0.1, -0.05) is 66.2 Å². The van der Waals surface area contributed by atoms with Crippen LogP contribution in [0, 0.1) is 11.8 Å². The molecule has 1 amide bonds. The fourth-order valence-corrected chi connectivity index (χ4v) is 4.55. The van der Waals surface area contributed by atoms with Crippen molar-refractivity contribution in [2.45, 2.75) is 6.17 Å². The first-order valence-corrected chi connectivity index (χ1v) is 11.7. The highest BCUT2D eigenvalue weighted by atomic mass is 35.5. The molecule has 0 radical (unpaired) electrons. The maximum atomic E-state index is 13.4. The third kappa shape index (κ3) is 4.44. The van der Waals surface area contributed by atoms with Crippen molar-refractivity contribution in [1.82, 2.24) is 10.6 Å². The molecule has 0 bridgehead atoms. The minimum atomic E-state index is -0.926. The third-order valence-corrected chi connectivity index (χ3v) is 6.37. The fraction of sp³-hybridized carbons (Fsp3) is 0.154. The molecule has 6 nitrogen and oxygen atoms in total. The van der Waals surface area contributed by atoms with E-state index in [1.807, 2.05) is 66.9 Å². The number of thiocarbonyl (C=S) groups is 1. The number of allylic oxidation sites excluding steroid dienone is 5. The van der Waals surface area contributed by atoms with Crippen LogP contribution in [0.1, 0.15) is 11.1 Å². The van der Waals surface area contributed by atoms with Crippen LogP contribution in [-0.4, -0.2) is 36.2 Å². The Labute approximate surface area is 208 Å². The lowest BCUT2D eigenvalue weighted by Crippen LogP contribution is -2.49. The molecule has 1 aliphatic carbocycles. The number of nitrogens with one attached hydrogen (secondary N) is 2. The van der Waals surface area contributed by atoms with Gasteiger partial charge in [0.1, 0.15) is 5.82 Å². The van der Waals surface area contributed by atoms with Crippen LogP contribution in [0.4, 0.5) is 5.69 Å². The Morgan fingerprint density at radius 1 is 1.09 bits per heavy atom. The monoisotopic (exact) mass is 487 g/mol. The first-order valence-electron chi connectivity index (χ1n) is 10.9. The molecule has 5 rings (SSSR count). The molecule has 2 heterocycles. The predicted molar refractivity (Wildman–Crippen MR) is 141 cm³/mol. The topological polar surface area (TPSA) is 69.1 Å². The normalized spacial score (nSPS) is 22.8. The Morgan fingerprint density at radius 3 is 2.65 bits per heavy atom. The molecule has 2 N–H and O–H groups in total. The summed E-state index contributed by atoms with van der Waals surface area (Å²) in [6.45, 7) is 0. The van der Waals surface area contributed by atoms with Crippen LogP contribution in [0.15, 0.2) is 94.7 Å². The molecule has 0 fully saturated rings. The Hall–Kier alpha value is -3.55. The van der Waals surface area contributed by atoms with Gasteiger partial charge in [-0.15, -0.1) is 0 Å². The molecular formula is C26H22ClN5OS. The van der Waals surface area contributed by atoms with Crippen molar-refractivity contribution < 1.29 is 4.79 Å². The molecular weight excluding hydrogens is 466 g/mol. The highest BCUT2D eigenvalue weighted by Crippen LogP contribution is 2.30. The first-order chi connectivity index (χ1) is 16.5. The van der Waals surface area contributed by atoms with Crippen LogP contribution < -0.4 is 15.5 Å². The molecule has 3 atom stereocenters. The van der Waals surface area contributed by atoms with Crippen LogP contribution in [0.5, 0.6) is 0 Å². The summed E-state index contributed by atoms with van der Waals surface area (Å²) in [6, 6.07) is 15.1. The molecule has 2 aromatic carbocycles. The maximum absolute atomic E-state index is 13.4. The number of carbonyl (C=O) groups is 1. The third-order valence-electron chi connectivity index (χ3n) is 5.91. The number of carbonyl (C=O) groups excluding carboxylic acids is 1. The van der Waals surface area contributed by atoms with E-state index < -0.39 is 6.17 Å². The van der Waals surface area contributed by atoms with Gasteiger partial charge in [0.05, 0.1) is 11.4 Å². The van der Waals surface area contributed by atoms with E-state index in [9.17, 15) is 4.79 Å². The summed E-state index contributed by atoms with van der Waals surface area (Å²) in [5.41, 5.74) is 3.04. The van der Waals surface area contributed by atoms with Gasteiger partial charge in [-0.05, 0) is 36.5 Å². The van der Waals surface area contributed by atoms with E-state index in [-0.39, 0.29) is 22.9 Å². The van der Waals surface area contributed by atoms with Crippen LogP contribution in [-0.2, 0) is 4.79 Å².